The van der Waals surface area contributed by atoms with Crippen molar-refractivity contribution in [2.75, 3.05) is 17.3 Å². The molecule has 1 aromatic rings. The number of methoxy groups -OCH3 is 1. The van der Waals surface area contributed by atoms with Gasteiger partial charge in [0.05, 0.1) is 7.11 Å². The molecule has 96 valence electrons. The van der Waals surface area contributed by atoms with Crippen molar-refractivity contribution in [2.45, 2.75) is 25.8 Å². The fourth-order valence-corrected chi connectivity index (χ4v) is 1.81. The van der Waals surface area contributed by atoms with Gasteiger partial charge in [-0.05, 0) is 37.1 Å². The second-order valence-electron chi connectivity index (χ2n) is 4.30. The highest BCUT2D eigenvalue weighted by atomic mass is 16.5. The maximum Gasteiger partial charge on any atom is 0.414 e. The lowest BCUT2D eigenvalue weighted by Crippen LogP contribution is -2.32. The summed E-state index contributed by atoms with van der Waals surface area (Å²) in [6.07, 6.45) is 1.66. The van der Waals surface area contributed by atoms with Crippen LogP contribution < -0.4 is 10.2 Å². The number of hydrogen-bond donors (Lipinski definition) is 1. The van der Waals surface area contributed by atoms with Gasteiger partial charge in [-0.3, -0.25) is 9.69 Å². The van der Waals surface area contributed by atoms with Crippen molar-refractivity contribution in [3.05, 3.63) is 24.3 Å². The molecule has 0 radical (unpaired) electrons. The molecule has 0 aromatic heterocycles. The average Bonchev–Trinajstić information content (AvgIpc) is 3.15. The van der Waals surface area contributed by atoms with E-state index in [0.717, 1.165) is 18.5 Å². The summed E-state index contributed by atoms with van der Waals surface area (Å²) < 4.78 is 4.78. The Balaban J connectivity index is 2.16. The predicted octanol–water partition coefficient (Wildman–Crippen LogP) is 2.38. The Labute approximate surface area is 106 Å². The van der Waals surface area contributed by atoms with Gasteiger partial charge in [-0.25, -0.2) is 4.79 Å². The van der Waals surface area contributed by atoms with Crippen molar-refractivity contribution < 1.29 is 14.3 Å². The zero-order valence-corrected chi connectivity index (χ0v) is 10.5. The number of carbonyl (C=O) groups is 2. The summed E-state index contributed by atoms with van der Waals surface area (Å²) in [5.74, 6) is -0.116. The normalized spacial score (nSPS) is 13.9. The van der Waals surface area contributed by atoms with Crippen LogP contribution in [0.15, 0.2) is 24.3 Å². The minimum Gasteiger partial charge on any atom is -0.452 e. The minimum absolute atomic E-state index is 0.116. The Bertz CT molecular complexity index is 452. The Morgan fingerprint density at radius 3 is 2.33 bits per heavy atom. The molecule has 0 bridgehead atoms. The number of benzene rings is 1. The lowest BCUT2D eigenvalue weighted by Gasteiger charge is -2.21. The molecule has 5 nitrogen and oxygen atoms in total. The van der Waals surface area contributed by atoms with Crippen LogP contribution in [0.3, 0.4) is 0 Å². The van der Waals surface area contributed by atoms with E-state index in [1.54, 1.807) is 29.2 Å². The van der Waals surface area contributed by atoms with E-state index < -0.39 is 0 Å². The fraction of sp³-hybridized carbons (Fsp3) is 0.385. The van der Waals surface area contributed by atoms with Gasteiger partial charge in [0.1, 0.15) is 0 Å². The van der Waals surface area contributed by atoms with Crippen molar-refractivity contribution in [1.29, 1.82) is 0 Å². The summed E-state index contributed by atoms with van der Waals surface area (Å²) in [5.41, 5.74) is 1.50. The highest BCUT2D eigenvalue weighted by Gasteiger charge is 2.34. The highest BCUT2D eigenvalue weighted by Crippen LogP contribution is 2.32. The van der Waals surface area contributed by atoms with Crippen LogP contribution in [0.1, 0.15) is 19.8 Å². The molecule has 5 heteroatoms. The molecule has 0 unspecified atom stereocenters. The van der Waals surface area contributed by atoms with E-state index in [-0.39, 0.29) is 18.0 Å². The monoisotopic (exact) mass is 248 g/mol. The first-order chi connectivity index (χ1) is 8.61. The van der Waals surface area contributed by atoms with Gasteiger partial charge in [-0.2, -0.15) is 0 Å². The number of hydrogen-bond acceptors (Lipinski definition) is 3. The van der Waals surface area contributed by atoms with Crippen LogP contribution in [0.5, 0.6) is 0 Å². The smallest absolute Gasteiger partial charge is 0.414 e. The molecule has 1 saturated carbocycles. The van der Waals surface area contributed by atoms with Crippen molar-refractivity contribution >= 4 is 23.4 Å². The number of amides is 2. The summed E-state index contributed by atoms with van der Waals surface area (Å²) in [6, 6.07) is 7.40. The maximum absolute atomic E-state index is 11.7. The Hall–Kier alpha value is -2.04. The largest absolute Gasteiger partial charge is 0.452 e. The van der Waals surface area contributed by atoms with Crippen LogP contribution in [-0.2, 0) is 9.53 Å². The van der Waals surface area contributed by atoms with E-state index in [1.807, 2.05) is 0 Å². The molecule has 1 aromatic carbocycles. The molecule has 1 fully saturated rings. The second kappa shape index (κ2) is 5.08. The average molecular weight is 248 g/mol. The SMILES string of the molecule is COC(=O)N(c1ccc(NC(C)=O)cc1)C1CC1. The first kappa shape index (κ1) is 12.4. The van der Waals surface area contributed by atoms with Gasteiger partial charge in [0.15, 0.2) is 0 Å². The number of carbonyl (C=O) groups excluding carboxylic acids is 2. The van der Waals surface area contributed by atoms with Gasteiger partial charge in [-0.15, -0.1) is 0 Å². The van der Waals surface area contributed by atoms with E-state index in [0.29, 0.717) is 5.69 Å². The van der Waals surface area contributed by atoms with Crippen molar-refractivity contribution in [3.63, 3.8) is 0 Å². The molecule has 1 N–H and O–H groups in total. The third-order valence-electron chi connectivity index (χ3n) is 2.75. The van der Waals surface area contributed by atoms with E-state index in [4.69, 9.17) is 4.74 Å². The molecule has 0 atom stereocenters. The van der Waals surface area contributed by atoms with Gasteiger partial charge >= 0.3 is 6.09 Å². The van der Waals surface area contributed by atoms with Crippen LogP contribution in [0.25, 0.3) is 0 Å². The molecular formula is C13H16N2O3. The Kier molecular flexibility index (Phi) is 3.50. The van der Waals surface area contributed by atoms with Crippen LogP contribution in [0.4, 0.5) is 16.2 Å². The Morgan fingerprint density at radius 2 is 1.89 bits per heavy atom. The number of ether oxygens (including phenoxy) is 1. The first-order valence-corrected chi connectivity index (χ1v) is 5.86. The molecule has 0 aliphatic heterocycles. The van der Waals surface area contributed by atoms with Gasteiger partial charge in [0.25, 0.3) is 0 Å². The second-order valence-corrected chi connectivity index (χ2v) is 4.30. The minimum atomic E-state index is -0.343. The van der Waals surface area contributed by atoms with Crippen LogP contribution in [-0.4, -0.2) is 25.2 Å². The van der Waals surface area contributed by atoms with Crippen LogP contribution in [0, 0.1) is 0 Å². The third-order valence-corrected chi connectivity index (χ3v) is 2.75. The topological polar surface area (TPSA) is 58.6 Å². The highest BCUT2D eigenvalue weighted by molar-refractivity contribution is 5.91. The maximum atomic E-state index is 11.7. The quantitative estimate of drug-likeness (QED) is 0.893. The van der Waals surface area contributed by atoms with E-state index >= 15 is 0 Å². The molecule has 2 amide bonds. The van der Waals surface area contributed by atoms with Crippen LogP contribution in [0.2, 0.25) is 0 Å². The zero-order valence-electron chi connectivity index (χ0n) is 10.5. The fourth-order valence-electron chi connectivity index (χ4n) is 1.81. The first-order valence-electron chi connectivity index (χ1n) is 5.86. The predicted molar refractivity (Wildman–Crippen MR) is 68.7 cm³/mol. The Morgan fingerprint density at radius 1 is 1.28 bits per heavy atom. The summed E-state index contributed by atoms with van der Waals surface area (Å²) in [6.45, 7) is 1.46. The van der Waals surface area contributed by atoms with Gasteiger partial charge < -0.3 is 10.1 Å². The lowest BCUT2D eigenvalue weighted by atomic mass is 10.2. The molecule has 1 aliphatic rings. The molecule has 1 aliphatic carbocycles. The van der Waals surface area contributed by atoms with Gasteiger partial charge in [-0.1, -0.05) is 0 Å². The zero-order chi connectivity index (χ0) is 13.1. The van der Waals surface area contributed by atoms with E-state index in [1.165, 1.54) is 14.0 Å². The van der Waals surface area contributed by atoms with Crippen LogP contribution >= 0.6 is 0 Å². The molecule has 0 heterocycles. The standard InChI is InChI=1S/C13H16N2O3/c1-9(16)14-10-3-5-11(6-4-10)15(12-7-8-12)13(17)18-2/h3-6,12H,7-8H2,1-2H3,(H,14,16). The molecule has 0 saturated heterocycles. The summed E-state index contributed by atoms with van der Waals surface area (Å²) in [7, 11) is 1.38. The number of rotatable bonds is 3. The molecule has 18 heavy (non-hydrogen) atoms. The van der Waals surface area contributed by atoms with Crippen molar-refractivity contribution in [2.24, 2.45) is 0 Å². The molecule has 0 spiro atoms. The van der Waals surface area contributed by atoms with E-state index in [9.17, 15) is 9.59 Å². The summed E-state index contributed by atoms with van der Waals surface area (Å²) >= 11 is 0. The van der Waals surface area contributed by atoms with Gasteiger partial charge in [0, 0.05) is 24.3 Å². The van der Waals surface area contributed by atoms with Crippen molar-refractivity contribution in [3.8, 4) is 0 Å². The summed E-state index contributed by atoms with van der Waals surface area (Å²) in [4.78, 5) is 24.2. The van der Waals surface area contributed by atoms with Crippen molar-refractivity contribution in [1.82, 2.24) is 0 Å². The number of anilines is 2. The summed E-state index contributed by atoms with van der Waals surface area (Å²) in [5, 5.41) is 2.69. The third kappa shape index (κ3) is 2.80. The number of nitrogens with one attached hydrogen (secondary N) is 1. The number of nitrogens with zero attached hydrogens (tertiary/aromatic N) is 1. The van der Waals surface area contributed by atoms with E-state index in [2.05, 4.69) is 5.32 Å². The molecule has 2 rings (SSSR count). The lowest BCUT2D eigenvalue weighted by molar-refractivity contribution is -0.114. The van der Waals surface area contributed by atoms with Gasteiger partial charge in [0.2, 0.25) is 5.91 Å². The molecular weight excluding hydrogens is 232 g/mol.